The summed E-state index contributed by atoms with van der Waals surface area (Å²) in [5.41, 5.74) is 0. The summed E-state index contributed by atoms with van der Waals surface area (Å²) in [5, 5.41) is 39.6. The van der Waals surface area contributed by atoms with Crippen LogP contribution in [0.3, 0.4) is 0 Å². The number of ether oxygens (including phenoxy) is 10. The van der Waals surface area contributed by atoms with Crippen molar-refractivity contribution >= 4 is 41.7 Å². The van der Waals surface area contributed by atoms with Gasteiger partial charge in [-0.15, -0.1) is 0 Å². The molecule has 0 bridgehead atoms. The first-order valence-corrected chi connectivity index (χ1v) is 23.8. The molecule has 0 heterocycles. The number of hydrogen-bond acceptors (Lipinski definition) is 17. The summed E-state index contributed by atoms with van der Waals surface area (Å²) in [6, 6.07) is -4.09. The van der Waals surface area contributed by atoms with Gasteiger partial charge in [-0.25, -0.2) is 14.4 Å². The van der Waals surface area contributed by atoms with Crippen molar-refractivity contribution in [2.75, 3.05) is 152 Å². The number of nitrogens with one attached hydrogen (secondary N) is 5. The van der Waals surface area contributed by atoms with Gasteiger partial charge in [-0.05, 0) is 25.7 Å². The standard InChI is InChI=1S/C44H81N5O20/c1-2-38(50)46-14-16-60-18-20-62-22-24-64-26-28-66-30-32-68-34-35-69-33-31-67-29-27-65-25-23-63-21-19-61-17-15-47-39(51)8-6-4-3-5-7-13-45-40(52)11-9-36(42(55)56)48-44(59)49-37(43(57)58)10-12-41(53)54/h36-37H,2-35H2,1H3,(H,45,52)(H,46,50)(H,47,51)(H,53,54)(H,55,56)(H,57,58)(H2,48,49,59). The molecule has 69 heavy (non-hydrogen) atoms. The molecule has 0 aromatic rings. The first kappa shape index (κ1) is 64.7. The van der Waals surface area contributed by atoms with E-state index in [4.69, 9.17) is 57.6 Å². The van der Waals surface area contributed by atoms with Crippen LogP contribution in [0, 0.1) is 0 Å². The zero-order valence-electron chi connectivity index (χ0n) is 40.5. The van der Waals surface area contributed by atoms with E-state index < -0.39 is 48.4 Å². The second kappa shape index (κ2) is 48.7. The summed E-state index contributed by atoms with van der Waals surface area (Å²) in [6.07, 6.45) is 3.45. The van der Waals surface area contributed by atoms with Crippen molar-refractivity contribution in [1.29, 1.82) is 0 Å². The number of carboxylic acids is 3. The predicted molar refractivity (Wildman–Crippen MR) is 246 cm³/mol. The number of amides is 5. The largest absolute Gasteiger partial charge is 0.481 e. The normalized spacial score (nSPS) is 12.0. The highest BCUT2D eigenvalue weighted by atomic mass is 16.6. The molecule has 402 valence electrons. The first-order chi connectivity index (χ1) is 33.5. The fourth-order valence-corrected chi connectivity index (χ4v) is 5.49. The number of urea groups is 1. The lowest BCUT2D eigenvalue weighted by molar-refractivity contribution is -0.141. The van der Waals surface area contributed by atoms with Gasteiger partial charge in [-0.2, -0.15) is 0 Å². The molecule has 0 aliphatic carbocycles. The Balaban J connectivity index is 3.44. The van der Waals surface area contributed by atoms with Crippen LogP contribution in [0.5, 0.6) is 0 Å². The molecule has 0 radical (unpaired) electrons. The van der Waals surface area contributed by atoms with Gasteiger partial charge in [-0.1, -0.05) is 26.2 Å². The number of carboxylic acid groups (broad SMARTS) is 3. The summed E-state index contributed by atoms with van der Waals surface area (Å²) in [6.45, 7) is 12.0. The smallest absolute Gasteiger partial charge is 0.326 e. The van der Waals surface area contributed by atoms with E-state index in [1.165, 1.54) is 0 Å². The predicted octanol–water partition coefficient (Wildman–Crippen LogP) is 0.102. The molecule has 25 nitrogen and oxygen atoms in total. The fourth-order valence-electron chi connectivity index (χ4n) is 5.49. The highest BCUT2D eigenvalue weighted by molar-refractivity contribution is 5.86. The van der Waals surface area contributed by atoms with E-state index in [9.17, 15) is 38.7 Å². The summed E-state index contributed by atoms with van der Waals surface area (Å²) in [4.78, 5) is 80.9. The van der Waals surface area contributed by atoms with Crippen molar-refractivity contribution in [2.24, 2.45) is 0 Å². The molecule has 0 aliphatic rings. The van der Waals surface area contributed by atoms with Gasteiger partial charge in [0.2, 0.25) is 17.7 Å². The van der Waals surface area contributed by atoms with Crippen LogP contribution in [0.15, 0.2) is 0 Å². The highest BCUT2D eigenvalue weighted by Gasteiger charge is 2.25. The molecule has 0 aromatic heterocycles. The Bertz CT molecular complexity index is 1340. The van der Waals surface area contributed by atoms with Gasteiger partial charge in [0.1, 0.15) is 12.1 Å². The van der Waals surface area contributed by atoms with Crippen LogP contribution in [0.25, 0.3) is 0 Å². The summed E-state index contributed by atoms with van der Waals surface area (Å²) in [5.74, 6) is -4.59. The topological polar surface area (TPSA) is 333 Å². The van der Waals surface area contributed by atoms with Crippen molar-refractivity contribution in [3.05, 3.63) is 0 Å². The number of hydrogen-bond donors (Lipinski definition) is 8. The number of carbonyl (C=O) groups excluding carboxylic acids is 4. The average molecular weight is 1000 g/mol. The molecule has 2 unspecified atom stereocenters. The van der Waals surface area contributed by atoms with E-state index in [1.807, 2.05) is 5.32 Å². The fraction of sp³-hybridized carbons (Fsp3) is 0.841. The van der Waals surface area contributed by atoms with Crippen LogP contribution >= 0.6 is 0 Å². The molecular weight excluding hydrogens is 918 g/mol. The maximum atomic E-state index is 12.2. The minimum absolute atomic E-state index is 0.0104. The van der Waals surface area contributed by atoms with E-state index >= 15 is 0 Å². The summed E-state index contributed by atoms with van der Waals surface area (Å²) >= 11 is 0. The average Bonchev–Trinajstić information content (AvgIpc) is 3.32. The summed E-state index contributed by atoms with van der Waals surface area (Å²) < 4.78 is 54.6. The number of rotatable bonds is 52. The molecule has 0 saturated carbocycles. The van der Waals surface area contributed by atoms with Gasteiger partial charge in [0.05, 0.1) is 132 Å². The van der Waals surface area contributed by atoms with Crippen LogP contribution in [-0.2, 0) is 76.1 Å². The van der Waals surface area contributed by atoms with Crippen LogP contribution in [0.2, 0.25) is 0 Å². The van der Waals surface area contributed by atoms with E-state index in [1.54, 1.807) is 6.92 Å². The second-order valence-electron chi connectivity index (χ2n) is 14.9. The highest BCUT2D eigenvalue weighted by Crippen LogP contribution is 2.06. The molecule has 25 heteroatoms. The lowest BCUT2D eigenvalue weighted by atomic mass is 10.1. The quantitative estimate of drug-likeness (QED) is 0.0375. The van der Waals surface area contributed by atoms with Crippen molar-refractivity contribution in [1.82, 2.24) is 26.6 Å². The van der Waals surface area contributed by atoms with Gasteiger partial charge in [0, 0.05) is 45.3 Å². The van der Waals surface area contributed by atoms with Crippen LogP contribution in [-0.4, -0.2) is 221 Å². The minimum atomic E-state index is -1.52. The van der Waals surface area contributed by atoms with Crippen LogP contribution < -0.4 is 26.6 Å². The Morgan fingerprint density at radius 1 is 0.362 bits per heavy atom. The Labute approximate surface area is 405 Å². The van der Waals surface area contributed by atoms with Gasteiger partial charge in [-0.3, -0.25) is 19.2 Å². The second-order valence-corrected chi connectivity index (χ2v) is 14.9. The van der Waals surface area contributed by atoms with E-state index in [2.05, 4.69) is 21.3 Å². The Hall–Kier alpha value is -4.31. The third kappa shape index (κ3) is 47.2. The molecular formula is C44H81N5O20. The van der Waals surface area contributed by atoms with Crippen molar-refractivity contribution < 1.29 is 96.2 Å². The SMILES string of the molecule is CCC(=O)NCCOCCOCCOCCOCCOCCOCCOCCOCCOCCOCCNC(=O)CCCCCCCNC(=O)CCC(NC(=O)NC(CCC(=O)O)C(=O)O)C(=O)O. The maximum absolute atomic E-state index is 12.2. The van der Waals surface area contributed by atoms with Crippen molar-refractivity contribution in [3.8, 4) is 0 Å². The first-order valence-electron chi connectivity index (χ1n) is 23.8. The molecule has 5 amide bonds. The van der Waals surface area contributed by atoms with Gasteiger partial charge < -0.3 is 89.3 Å². The number of carbonyl (C=O) groups is 7. The molecule has 0 aliphatic heterocycles. The Morgan fingerprint density at radius 3 is 1.03 bits per heavy atom. The molecule has 0 fully saturated rings. The Morgan fingerprint density at radius 2 is 0.667 bits per heavy atom. The van der Waals surface area contributed by atoms with Crippen LogP contribution in [0.4, 0.5) is 4.79 Å². The number of unbranched alkanes of at least 4 members (excludes halogenated alkanes) is 4. The van der Waals surface area contributed by atoms with Gasteiger partial charge in [0.25, 0.3) is 0 Å². The van der Waals surface area contributed by atoms with Crippen LogP contribution in [0.1, 0.15) is 77.6 Å². The zero-order chi connectivity index (χ0) is 50.8. The minimum Gasteiger partial charge on any atom is -0.481 e. The molecule has 8 N–H and O–H groups in total. The third-order valence-corrected chi connectivity index (χ3v) is 9.22. The van der Waals surface area contributed by atoms with E-state index in [0.717, 1.165) is 25.7 Å². The molecule has 0 spiro atoms. The maximum Gasteiger partial charge on any atom is 0.326 e. The van der Waals surface area contributed by atoms with Crippen molar-refractivity contribution in [2.45, 2.75) is 89.6 Å². The monoisotopic (exact) mass is 1000 g/mol. The van der Waals surface area contributed by atoms with Crippen molar-refractivity contribution in [3.63, 3.8) is 0 Å². The summed E-state index contributed by atoms with van der Waals surface area (Å²) in [7, 11) is 0. The third-order valence-electron chi connectivity index (χ3n) is 9.22. The molecule has 0 saturated heterocycles. The molecule has 0 aromatic carbocycles. The van der Waals surface area contributed by atoms with E-state index in [0.29, 0.717) is 171 Å². The molecule has 0 rings (SSSR count). The van der Waals surface area contributed by atoms with Gasteiger partial charge >= 0.3 is 23.9 Å². The number of aliphatic carboxylic acids is 3. The Kier molecular flexibility index (Phi) is 45.7. The van der Waals surface area contributed by atoms with Gasteiger partial charge in [0.15, 0.2) is 0 Å². The van der Waals surface area contributed by atoms with E-state index in [-0.39, 0.29) is 31.1 Å². The lowest BCUT2D eigenvalue weighted by Crippen LogP contribution is -2.51. The molecule has 2 atom stereocenters. The lowest BCUT2D eigenvalue weighted by Gasteiger charge is -2.18. The zero-order valence-corrected chi connectivity index (χ0v) is 40.5.